The van der Waals surface area contributed by atoms with E-state index >= 15 is 0 Å². The van der Waals surface area contributed by atoms with Crippen molar-refractivity contribution >= 4 is 17.3 Å². The van der Waals surface area contributed by atoms with Crippen LogP contribution in [-0.2, 0) is 0 Å². The van der Waals surface area contributed by atoms with Crippen LogP contribution in [0.5, 0.6) is 17.2 Å². The topological polar surface area (TPSA) is 60.0 Å². The maximum Gasteiger partial charge on any atom is 0.262 e. The molecular weight excluding hydrogens is 380 g/mol. The number of methoxy groups -OCH3 is 3. The van der Waals surface area contributed by atoms with E-state index in [1.807, 2.05) is 67.6 Å². The Labute approximate surface area is 176 Å². The first-order valence-electron chi connectivity index (χ1n) is 9.63. The fourth-order valence-corrected chi connectivity index (χ4v) is 3.72. The SMILES string of the molecule is COc1cc([C@@H]2Nc3ccccc3C(=O)N2c2ccc(C)cc2)cc(OC)c1OC. The molecule has 1 atom stereocenters. The molecule has 1 aliphatic heterocycles. The molecule has 0 fully saturated rings. The fourth-order valence-electron chi connectivity index (χ4n) is 3.72. The summed E-state index contributed by atoms with van der Waals surface area (Å²) in [5, 5.41) is 3.50. The third-order valence-corrected chi connectivity index (χ3v) is 5.24. The molecule has 0 aliphatic carbocycles. The summed E-state index contributed by atoms with van der Waals surface area (Å²) in [7, 11) is 4.72. The molecule has 0 saturated heterocycles. The van der Waals surface area contributed by atoms with Crippen LogP contribution in [0.25, 0.3) is 0 Å². The van der Waals surface area contributed by atoms with Crippen molar-refractivity contribution in [2.45, 2.75) is 13.1 Å². The summed E-state index contributed by atoms with van der Waals surface area (Å²) in [5.41, 5.74) is 4.14. The second-order valence-electron chi connectivity index (χ2n) is 7.06. The van der Waals surface area contributed by atoms with Crippen LogP contribution in [-0.4, -0.2) is 27.2 Å². The van der Waals surface area contributed by atoms with Gasteiger partial charge in [-0.3, -0.25) is 9.69 Å². The molecule has 6 heteroatoms. The molecule has 0 bridgehead atoms. The van der Waals surface area contributed by atoms with Crippen LogP contribution in [0.4, 0.5) is 11.4 Å². The van der Waals surface area contributed by atoms with Crippen molar-refractivity contribution in [3.05, 3.63) is 77.4 Å². The molecular formula is C24H24N2O4. The molecule has 6 nitrogen and oxygen atoms in total. The first-order chi connectivity index (χ1) is 14.6. The van der Waals surface area contributed by atoms with Crippen molar-refractivity contribution in [1.29, 1.82) is 0 Å². The summed E-state index contributed by atoms with van der Waals surface area (Å²) in [6.07, 6.45) is -0.455. The van der Waals surface area contributed by atoms with E-state index in [9.17, 15) is 4.79 Å². The van der Waals surface area contributed by atoms with E-state index in [1.165, 1.54) is 0 Å². The Bertz CT molecular complexity index is 1050. The lowest BCUT2D eigenvalue weighted by molar-refractivity contribution is 0.0975. The standard InChI is InChI=1S/C24H24N2O4/c1-15-9-11-17(12-10-15)26-23(25-19-8-6-5-7-18(19)24(26)27)16-13-20(28-2)22(30-4)21(14-16)29-3/h5-14,23,25H,1-4H3/t23-/m1/s1. The van der Waals surface area contributed by atoms with Crippen molar-refractivity contribution in [3.8, 4) is 17.2 Å². The second kappa shape index (κ2) is 7.99. The molecule has 1 heterocycles. The highest BCUT2D eigenvalue weighted by molar-refractivity contribution is 6.12. The van der Waals surface area contributed by atoms with Crippen LogP contribution < -0.4 is 24.4 Å². The van der Waals surface area contributed by atoms with Crippen LogP contribution in [0.15, 0.2) is 60.7 Å². The highest BCUT2D eigenvalue weighted by atomic mass is 16.5. The van der Waals surface area contributed by atoms with Crippen LogP contribution in [0.2, 0.25) is 0 Å². The molecule has 3 aromatic rings. The number of para-hydroxylation sites is 1. The molecule has 0 saturated carbocycles. The molecule has 4 rings (SSSR count). The lowest BCUT2D eigenvalue weighted by Gasteiger charge is -2.38. The minimum Gasteiger partial charge on any atom is -0.493 e. The number of anilines is 2. The molecule has 30 heavy (non-hydrogen) atoms. The van der Waals surface area contributed by atoms with Gasteiger partial charge in [0, 0.05) is 16.9 Å². The second-order valence-corrected chi connectivity index (χ2v) is 7.06. The normalized spacial score (nSPS) is 15.3. The van der Waals surface area contributed by atoms with Crippen molar-refractivity contribution in [2.75, 3.05) is 31.5 Å². The molecule has 1 aliphatic rings. The average molecular weight is 404 g/mol. The molecule has 1 amide bonds. The Balaban J connectivity index is 1.89. The van der Waals surface area contributed by atoms with Gasteiger partial charge in [-0.05, 0) is 43.3 Å². The Morgan fingerprint density at radius 2 is 1.50 bits per heavy atom. The van der Waals surface area contributed by atoms with Gasteiger partial charge in [0.2, 0.25) is 5.75 Å². The highest BCUT2D eigenvalue weighted by Crippen LogP contribution is 2.43. The van der Waals surface area contributed by atoms with Crippen molar-refractivity contribution in [1.82, 2.24) is 0 Å². The fraction of sp³-hybridized carbons (Fsp3) is 0.208. The van der Waals surface area contributed by atoms with Crippen molar-refractivity contribution in [2.24, 2.45) is 0 Å². The van der Waals surface area contributed by atoms with Gasteiger partial charge in [-0.1, -0.05) is 29.8 Å². The number of nitrogens with zero attached hydrogens (tertiary/aromatic N) is 1. The summed E-state index contributed by atoms with van der Waals surface area (Å²) < 4.78 is 16.5. The zero-order valence-corrected chi connectivity index (χ0v) is 17.4. The summed E-state index contributed by atoms with van der Waals surface area (Å²) in [4.78, 5) is 15.3. The van der Waals surface area contributed by atoms with E-state index in [-0.39, 0.29) is 5.91 Å². The van der Waals surface area contributed by atoms with Gasteiger partial charge in [-0.25, -0.2) is 0 Å². The minimum atomic E-state index is -0.455. The van der Waals surface area contributed by atoms with Crippen molar-refractivity contribution < 1.29 is 19.0 Å². The van der Waals surface area contributed by atoms with Crippen LogP contribution in [0.3, 0.4) is 0 Å². The zero-order chi connectivity index (χ0) is 21.3. The van der Waals surface area contributed by atoms with Gasteiger partial charge in [-0.15, -0.1) is 0 Å². The third-order valence-electron chi connectivity index (χ3n) is 5.24. The summed E-state index contributed by atoms with van der Waals surface area (Å²) in [6.45, 7) is 2.02. The predicted molar refractivity (Wildman–Crippen MR) is 117 cm³/mol. The Morgan fingerprint density at radius 1 is 0.867 bits per heavy atom. The average Bonchev–Trinajstić information content (AvgIpc) is 2.78. The summed E-state index contributed by atoms with van der Waals surface area (Å²) >= 11 is 0. The maximum atomic E-state index is 13.5. The van der Waals surface area contributed by atoms with E-state index in [2.05, 4.69) is 5.32 Å². The van der Waals surface area contributed by atoms with Gasteiger partial charge < -0.3 is 19.5 Å². The van der Waals surface area contributed by atoms with Gasteiger partial charge in [-0.2, -0.15) is 0 Å². The first-order valence-corrected chi connectivity index (χ1v) is 9.63. The Morgan fingerprint density at radius 3 is 2.10 bits per heavy atom. The molecule has 0 spiro atoms. The van der Waals surface area contributed by atoms with Crippen LogP contribution in [0.1, 0.15) is 27.7 Å². The number of aryl methyl sites for hydroxylation is 1. The lowest BCUT2D eigenvalue weighted by atomic mass is 10.0. The zero-order valence-electron chi connectivity index (χ0n) is 17.4. The van der Waals surface area contributed by atoms with E-state index < -0.39 is 6.17 Å². The number of benzene rings is 3. The smallest absolute Gasteiger partial charge is 0.262 e. The van der Waals surface area contributed by atoms with Crippen molar-refractivity contribution in [3.63, 3.8) is 0 Å². The van der Waals surface area contributed by atoms with Gasteiger partial charge in [0.05, 0.1) is 26.9 Å². The molecule has 154 valence electrons. The monoisotopic (exact) mass is 404 g/mol. The number of carbonyl (C=O) groups is 1. The summed E-state index contributed by atoms with van der Waals surface area (Å²) in [5.74, 6) is 1.49. The number of fused-ring (bicyclic) bond motifs is 1. The number of carbonyl (C=O) groups excluding carboxylic acids is 1. The third kappa shape index (κ3) is 3.30. The molecule has 3 aromatic carbocycles. The number of nitrogens with one attached hydrogen (secondary N) is 1. The number of amides is 1. The lowest BCUT2D eigenvalue weighted by Crippen LogP contribution is -2.43. The van der Waals surface area contributed by atoms with Gasteiger partial charge in [0.25, 0.3) is 5.91 Å². The summed E-state index contributed by atoms with van der Waals surface area (Å²) in [6, 6.07) is 19.1. The molecule has 0 unspecified atom stereocenters. The maximum absolute atomic E-state index is 13.5. The number of rotatable bonds is 5. The van der Waals surface area contributed by atoms with E-state index in [0.717, 1.165) is 22.5 Å². The van der Waals surface area contributed by atoms with E-state index in [0.29, 0.717) is 22.8 Å². The van der Waals surface area contributed by atoms with Gasteiger partial charge in [0.1, 0.15) is 6.17 Å². The number of hydrogen-bond acceptors (Lipinski definition) is 5. The van der Waals surface area contributed by atoms with Gasteiger partial charge >= 0.3 is 0 Å². The van der Waals surface area contributed by atoms with E-state index in [1.54, 1.807) is 26.2 Å². The van der Waals surface area contributed by atoms with Crippen LogP contribution >= 0.6 is 0 Å². The predicted octanol–water partition coefficient (Wildman–Crippen LogP) is 4.79. The highest BCUT2D eigenvalue weighted by Gasteiger charge is 2.35. The molecule has 1 N–H and O–H groups in total. The van der Waals surface area contributed by atoms with E-state index in [4.69, 9.17) is 14.2 Å². The Hall–Kier alpha value is -3.67. The number of ether oxygens (including phenoxy) is 3. The Kier molecular flexibility index (Phi) is 5.23. The minimum absolute atomic E-state index is 0.0769. The van der Waals surface area contributed by atoms with Gasteiger partial charge in [0.15, 0.2) is 11.5 Å². The largest absolute Gasteiger partial charge is 0.493 e. The molecule has 0 aromatic heterocycles. The first kappa shape index (κ1) is 19.6. The molecule has 0 radical (unpaired) electrons. The van der Waals surface area contributed by atoms with Crippen LogP contribution in [0, 0.1) is 6.92 Å². The quantitative estimate of drug-likeness (QED) is 0.662. The number of hydrogen-bond donors (Lipinski definition) is 1.